The van der Waals surface area contributed by atoms with Crippen LogP contribution < -0.4 is 0 Å². The van der Waals surface area contributed by atoms with E-state index in [1.54, 1.807) is 0 Å². The van der Waals surface area contributed by atoms with Crippen LogP contribution in [-0.4, -0.2) is 45.4 Å². The fraction of sp³-hybridized carbons (Fsp3) is 0.714. The molecule has 1 aromatic heterocycles. The Morgan fingerprint density at radius 2 is 2.00 bits per heavy atom. The van der Waals surface area contributed by atoms with E-state index in [0.717, 1.165) is 31.7 Å². The van der Waals surface area contributed by atoms with Crippen molar-refractivity contribution in [2.24, 2.45) is 5.92 Å². The minimum Gasteiger partial charge on any atom is -0.331 e. The summed E-state index contributed by atoms with van der Waals surface area (Å²) in [7, 11) is 0. The van der Waals surface area contributed by atoms with E-state index in [9.17, 15) is 4.79 Å². The summed E-state index contributed by atoms with van der Waals surface area (Å²) >= 11 is 0. The molecule has 2 saturated heterocycles. The minimum atomic E-state index is 0.0527. The molecule has 1 aliphatic carbocycles. The maximum atomic E-state index is 12.8. The zero-order chi connectivity index (χ0) is 17.3. The van der Waals surface area contributed by atoms with Gasteiger partial charge >= 0.3 is 0 Å². The number of rotatable bonds is 5. The first-order chi connectivity index (χ1) is 12.2. The molecule has 3 heterocycles. The van der Waals surface area contributed by atoms with Crippen LogP contribution in [0.15, 0.2) is 24.5 Å². The molecule has 25 heavy (non-hydrogen) atoms. The summed E-state index contributed by atoms with van der Waals surface area (Å²) in [6.07, 6.45) is 13.2. The lowest BCUT2D eigenvalue weighted by molar-refractivity contribution is -0.136. The second kappa shape index (κ2) is 7.06. The molecule has 4 nitrogen and oxygen atoms in total. The van der Waals surface area contributed by atoms with Gasteiger partial charge < -0.3 is 4.90 Å². The van der Waals surface area contributed by atoms with Gasteiger partial charge in [0.1, 0.15) is 0 Å². The molecule has 0 radical (unpaired) electrons. The minimum absolute atomic E-state index is 0.0527. The molecule has 4 heteroatoms. The van der Waals surface area contributed by atoms with Gasteiger partial charge in [-0.1, -0.05) is 13.3 Å². The molecule has 3 aliphatic rings. The second-order valence-electron chi connectivity index (χ2n) is 8.26. The molecule has 0 aromatic carbocycles. The van der Waals surface area contributed by atoms with E-state index in [1.165, 1.54) is 50.8 Å². The van der Waals surface area contributed by atoms with E-state index in [1.807, 2.05) is 12.4 Å². The standard InChI is InChI=1S/C21H31N3O/c1-2-19-21(10-4-14-23(19)15-17-5-3-6-17)11-7-20(25)24(21)16-18-8-12-22-13-9-18/h8-9,12-13,17,19H,2-7,10-11,14-16H2,1H3/t19-,21-/m0/s1. The van der Waals surface area contributed by atoms with E-state index in [4.69, 9.17) is 0 Å². The molecular formula is C21H31N3O. The number of carbonyl (C=O) groups excluding carboxylic acids is 1. The number of pyridine rings is 1. The number of likely N-dealkylation sites (tertiary alicyclic amines) is 2. The van der Waals surface area contributed by atoms with E-state index >= 15 is 0 Å². The summed E-state index contributed by atoms with van der Waals surface area (Å²) in [5.74, 6) is 1.25. The number of carbonyl (C=O) groups is 1. The van der Waals surface area contributed by atoms with Crippen LogP contribution in [0.2, 0.25) is 0 Å². The van der Waals surface area contributed by atoms with Crippen molar-refractivity contribution in [2.75, 3.05) is 13.1 Å². The highest BCUT2D eigenvalue weighted by atomic mass is 16.2. The first-order valence-electron chi connectivity index (χ1n) is 10.2. The summed E-state index contributed by atoms with van der Waals surface area (Å²) in [5.41, 5.74) is 1.26. The quantitative estimate of drug-likeness (QED) is 0.821. The van der Waals surface area contributed by atoms with E-state index in [0.29, 0.717) is 11.9 Å². The topological polar surface area (TPSA) is 36.4 Å². The third-order valence-corrected chi connectivity index (χ3v) is 6.92. The first kappa shape index (κ1) is 17.0. The first-order valence-corrected chi connectivity index (χ1v) is 10.2. The Bertz CT molecular complexity index is 600. The average molecular weight is 341 g/mol. The fourth-order valence-corrected chi connectivity index (χ4v) is 5.48. The highest BCUT2D eigenvalue weighted by molar-refractivity contribution is 5.80. The smallest absolute Gasteiger partial charge is 0.223 e. The largest absolute Gasteiger partial charge is 0.331 e. The van der Waals surface area contributed by atoms with E-state index in [2.05, 4.69) is 33.8 Å². The van der Waals surface area contributed by atoms with Gasteiger partial charge in [0.2, 0.25) is 5.91 Å². The summed E-state index contributed by atoms with van der Waals surface area (Å²) in [6, 6.07) is 4.62. The monoisotopic (exact) mass is 341 g/mol. The third kappa shape index (κ3) is 3.10. The van der Waals surface area contributed by atoms with Gasteiger partial charge in [-0.05, 0) is 68.7 Å². The van der Waals surface area contributed by atoms with E-state index < -0.39 is 0 Å². The van der Waals surface area contributed by atoms with Crippen molar-refractivity contribution in [3.05, 3.63) is 30.1 Å². The van der Waals surface area contributed by atoms with Crippen LogP contribution in [0.4, 0.5) is 0 Å². The van der Waals surface area contributed by atoms with Crippen LogP contribution in [0.3, 0.4) is 0 Å². The normalized spacial score (nSPS) is 30.8. The molecular weight excluding hydrogens is 310 g/mol. The molecule has 1 saturated carbocycles. The number of amides is 1. The molecule has 4 rings (SSSR count). The molecule has 1 aromatic rings. The summed E-state index contributed by atoms with van der Waals surface area (Å²) in [6.45, 7) is 5.53. The molecule has 0 unspecified atom stereocenters. The highest BCUT2D eigenvalue weighted by Gasteiger charge is 2.53. The molecule has 1 amide bonds. The van der Waals surface area contributed by atoms with Gasteiger partial charge in [0, 0.05) is 37.9 Å². The molecule has 0 N–H and O–H groups in total. The van der Waals surface area contributed by atoms with Crippen LogP contribution in [0.1, 0.15) is 63.9 Å². The van der Waals surface area contributed by atoms with Crippen molar-refractivity contribution < 1.29 is 4.79 Å². The number of aromatic nitrogens is 1. The Morgan fingerprint density at radius 3 is 2.68 bits per heavy atom. The highest BCUT2D eigenvalue weighted by Crippen LogP contribution is 2.45. The average Bonchev–Trinajstić information content (AvgIpc) is 2.89. The predicted octanol–water partition coefficient (Wildman–Crippen LogP) is 3.62. The van der Waals surface area contributed by atoms with Crippen LogP contribution in [0.25, 0.3) is 0 Å². The van der Waals surface area contributed by atoms with Crippen LogP contribution >= 0.6 is 0 Å². The lowest BCUT2D eigenvalue weighted by Crippen LogP contribution is -2.63. The van der Waals surface area contributed by atoms with Gasteiger partial charge in [-0.15, -0.1) is 0 Å². The van der Waals surface area contributed by atoms with Crippen molar-refractivity contribution >= 4 is 5.91 Å². The van der Waals surface area contributed by atoms with E-state index in [-0.39, 0.29) is 5.54 Å². The predicted molar refractivity (Wildman–Crippen MR) is 99.0 cm³/mol. The zero-order valence-corrected chi connectivity index (χ0v) is 15.5. The molecule has 1 spiro atoms. The lowest BCUT2D eigenvalue weighted by Gasteiger charge is -2.53. The number of hydrogen-bond acceptors (Lipinski definition) is 3. The van der Waals surface area contributed by atoms with Gasteiger partial charge in [-0.2, -0.15) is 0 Å². The van der Waals surface area contributed by atoms with Crippen molar-refractivity contribution in [3.63, 3.8) is 0 Å². The summed E-state index contributed by atoms with van der Waals surface area (Å²) < 4.78 is 0. The third-order valence-electron chi connectivity index (χ3n) is 6.92. The SMILES string of the molecule is CC[C@@H]1N(CC2CCC2)CCC[C@]12CCC(=O)N2Cc1ccncc1. The zero-order valence-electron chi connectivity index (χ0n) is 15.5. The fourth-order valence-electron chi connectivity index (χ4n) is 5.48. The second-order valence-corrected chi connectivity index (χ2v) is 8.26. The number of nitrogens with zero attached hydrogens (tertiary/aromatic N) is 3. The summed E-state index contributed by atoms with van der Waals surface area (Å²) in [5, 5.41) is 0. The van der Waals surface area contributed by atoms with Gasteiger partial charge in [-0.25, -0.2) is 0 Å². The van der Waals surface area contributed by atoms with Crippen molar-refractivity contribution in [3.8, 4) is 0 Å². The molecule has 136 valence electrons. The molecule has 0 bridgehead atoms. The number of hydrogen-bond donors (Lipinski definition) is 0. The maximum absolute atomic E-state index is 12.8. The molecule has 2 aliphatic heterocycles. The maximum Gasteiger partial charge on any atom is 0.223 e. The summed E-state index contributed by atoms with van der Waals surface area (Å²) in [4.78, 5) is 21.9. The lowest BCUT2D eigenvalue weighted by atomic mass is 9.76. The Balaban J connectivity index is 1.58. The van der Waals surface area contributed by atoms with Crippen molar-refractivity contribution in [1.29, 1.82) is 0 Å². The molecule has 3 fully saturated rings. The van der Waals surface area contributed by atoms with Gasteiger partial charge in [-0.3, -0.25) is 14.7 Å². The van der Waals surface area contributed by atoms with Crippen molar-refractivity contribution in [1.82, 2.24) is 14.8 Å². The van der Waals surface area contributed by atoms with Crippen LogP contribution in [0.5, 0.6) is 0 Å². The Hall–Kier alpha value is -1.42. The number of piperidine rings is 1. The Kier molecular flexibility index (Phi) is 4.81. The van der Waals surface area contributed by atoms with Gasteiger partial charge in [0.15, 0.2) is 0 Å². The van der Waals surface area contributed by atoms with Gasteiger partial charge in [0.25, 0.3) is 0 Å². The van der Waals surface area contributed by atoms with Crippen LogP contribution in [0, 0.1) is 5.92 Å². The van der Waals surface area contributed by atoms with Gasteiger partial charge in [0.05, 0.1) is 5.54 Å². The molecule has 2 atom stereocenters. The Labute approximate surface area is 151 Å². The Morgan fingerprint density at radius 1 is 1.20 bits per heavy atom. The van der Waals surface area contributed by atoms with Crippen molar-refractivity contribution in [2.45, 2.75) is 76.4 Å². The van der Waals surface area contributed by atoms with Crippen LogP contribution in [-0.2, 0) is 11.3 Å².